The van der Waals surface area contributed by atoms with E-state index >= 15 is 0 Å². The summed E-state index contributed by atoms with van der Waals surface area (Å²) in [5, 5.41) is 11.6. The lowest BCUT2D eigenvalue weighted by molar-refractivity contribution is -0.136. The van der Waals surface area contributed by atoms with Crippen LogP contribution in [0.25, 0.3) is 0 Å². The minimum atomic E-state index is -0.932. The second kappa shape index (κ2) is 12.4. The molecule has 1 aromatic heterocycles. The van der Waals surface area contributed by atoms with Crippen LogP contribution in [0.3, 0.4) is 0 Å². The highest BCUT2D eigenvalue weighted by Gasteiger charge is 2.25. The maximum Gasteiger partial charge on any atom is 0.309 e. The van der Waals surface area contributed by atoms with E-state index in [1.807, 2.05) is 12.1 Å². The van der Waals surface area contributed by atoms with Gasteiger partial charge in [-0.15, -0.1) is 28.3 Å². The van der Waals surface area contributed by atoms with E-state index in [9.17, 15) is 9.59 Å². The molecular weight excluding hydrogens is 549 g/mol. The first kappa shape index (κ1) is 26.4. The van der Waals surface area contributed by atoms with Gasteiger partial charge in [-0.3, -0.25) is 18.8 Å². The van der Waals surface area contributed by atoms with Gasteiger partial charge in [0.05, 0.1) is 41.4 Å². The molecule has 1 fully saturated rings. The number of aromatic nitrogens is 1. The van der Waals surface area contributed by atoms with Gasteiger partial charge in [0.15, 0.2) is 4.34 Å². The minimum absolute atomic E-state index is 0. The number of carboxylic acids is 1. The average Bonchev–Trinajstić information content (AvgIpc) is 3.10. The molecule has 2 aromatic rings. The van der Waals surface area contributed by atoms with Crippen LogP contribution in [-0.4, -0.2) is 63.5 Å². The average molecular weight is 571 g/mol. The number of morpholine rings is 1. The maximum absolute atomic E-state index is 12.1. The number of rotatable bonds is 8. The van der Waals surface area contributed by atoms with Crippen LogP contribution >= 0.6 is 63.5 Å². The quantitative estimate of drug-likeness (QED) is 0.471. The Morgan fingerprint density at radius 3 is 2.84 bits per heavy atom. The molecule has 1 aliphatic rings. The largest absolute Gasteiger partial charge is 0.481 e. The Balaban J connectivity index is 0.00000341. The van der Waals surface area contributed by atoms with Gasteiger partial charge in [0, 0.05) is 43.9 Å². The molecule has 170 valence electrons. The van der Waals surface area contributed by atoms with Crippen molar-refractivity contribution in [2.24, 2.45) is 0 Å². The third kappa shape index (κ3) is 8.20. The van der Waals surface area contributed by atoms with Gasteiger partial charge in [0.25, 0.3) is 0 Å². The summed E-state index contributed by atoms with van der Waals surface area (Å²) in [5.41, 5.74) is 1.55. The lowest BCUT2D eigenvalue weighted by Gasteiger charge is -2.35. The van der Waals surface area contributed by atoms with Crippen LogP contribution in [0.2, 0.25) is 10.0 Å². The van der Waals surface area contributed by atoms with E-state index in [1.54, 1.807) is 15.8 Å². The van der Waals surface area contributed by atoms with Gasteiger partial charge in [-0.2, -0.15) is 0 Å². The molecule has 0 bridgehead atoms. The highest BCUT2D eigenvalue weighted by atomic mass is 79.9. The van der Waals surface area contributed by atoms with Crippen molar-refractivity contribution in [3.8, 4) is 0 Å². The Labute approximate surface area is 209 Å². The predicted octanol–water partition coefficient (Wildman–Crippen LogP) is 4.41. The van der Waals surface area contributed by atoms with E-state index in [1.165, 1.54) is 30.2 Å². The highest BCUT2D eigenvalue weighted by molar-refractivity contribution is 8.93. The number of nitrogens with zero attached hydrogens (tertiary/aromatic N) is 3. The van der Waals surface area contributed by atoms with E-state index in [0.717, 1.165) is 18.7 Å². The molecule has 1 aromatic carbocycles. The van der Waals surface area contributed by atoms with Crippen molar-refractivity contribution >= 4 is 75.3 Å². The van der Waals surface area contributed by atoms with Crippen molar-refractivity contribution in [3.63, 3.8) is 0 Å². The van der Waals surface area contributed by atoms with E-state index in [-0.39, 0.29) is 35.4 Å². The predicted molar refractivity (Wildman–Crippen MR) is 128 cm³/mol. The monoisotopic (exact) mass is 569 g/mol. The first-order valence-electron chi connectivity index (χ1n) is 9.20. The van der Waals surface area contributed by atoms with Crippen molar-refractivity contribution in [3.05, 3.63) is 44.9 Å². The maximum atomic E-state index is 12.1. The van der Waals surface area contributed by atoms with Crippen molar-refractivity contribution in [1.29, 1.82) is 0 Å². The van der Waals surface area contributed by atoms with E-state index in [0.29, 0.717) is 39.8 Å². The third-order valence-corrected chi connectivity index (χ3v) is 7.19. The van der Waals surface area contributed by atoms with Gasteiger partial charge in [-0.05, 0) is 17.7 Å². The summed E-state index contributed by atoms with van der Waals surface area (Å²) in [5.74, 6) is -1.04. The number of hydrogen-bond donors (Lipinski definition) is 1. The Kier molecular flexibility index (Phi) is 10.5. The van der Waals surface area contributed by atoms with Crippen molar-refractivity contribution in [1.82, 2.24) is 14.2 Å². The number of amides is 1. The topological polar surface area (TPSA) is 83.0 Å². The molecule has 7 nitrogen and oxygen atoms in total. The zero-order chi connectivity index (χ0) is 21.7. The second-order valence-electron chi connectivity index (χ2n) is 6.82. The Morgan fingerprint density at radius 1 is 1.39 bits per heavy atom. The van der Waals surface area contributed by atoms with Crippen LogP contribution in [0.1, 0.15) is 18.2 Å². The molecule has 1 aliphatic heterocycles. The fourth-order valence-electron chi connectivity index (χ4n) is 3.01. The lowest BCUT2D eigenvalue weighted by atomic mass is 10.2. The summed E-state index contributed by atoms with van der Waals surface area (Å²) in [4.78, 5) is 29.5. The molecule has 0 unspecified atom stereocenters. The van der Waals surface area contributed by atoms with Gasteiger partial charge in [-0.25, -0.2) is 4.98 Å². The number of carbonyl (C=O) groups is 2. The third-order valence-electron chi connectivity index (χ3n) is 4.39. The van der Waals surface area contributed by atoms with Crippen molar-refractivity contribution in [2.45, 2.75) is 30.3 Å². The standard InChI is InChI=1S/C19H21Cl2N3O4S2.BrH/c1-12(25)24(30-19-22-14(11-29-19)7-18(26)27)10-15-9-23(4-5-28-15)8-13-2-3-16(20)17(21)6-13;/h2-3,6,11,15H,4-5,7-10H2,1H3,(H,26,27);1H/t15-;/m0./s1. The number of halogens is 3. The molecule has 12 heteroatoms. The van der Waals surface area contributed by atoms with Gasteiger partial charge in [0.2, 0.25) is 5.91 Å². The molecule has 1 N–H and O–H groups in total. The molecule has 1 saturated heterocycles. The first-order chi connectivity index (χ1) is 14.3. The zero-order valence-corrected chi connectivity index (χ0v) is 21.5. The second-order valence-corrected chi connectivity index (χ2v) is 9.76. The Hall–Kier alpha value is -0.880. The van der Waals surface area contributed by atoms with Crippen molar-refractivity contribution < 1.29 is 19.4 Å². The molecule has 0 aliphatic carbocycles. The number of aliphatic carboxylic acids is 1. The fourth-order valence-corrected chi connectivity index (χ4v) is 5.17. The highest BCUT2D eigenvalue weighted by Crippen LogP contribution is 2.28. The fraction of sp³-hybridized carbons (Fsp3) is 0.421. The number of benzene rings is 1. The van der Waals surface area contributed by atoms with E-state index in [2.05, 4.69) is 9.88 Å². The number of thiazole rings is 1. The van der Waals surface area contributed by atoms with Crippen LogP contribution in [0.15, 0.2) is 27.9 Å². The van der Waals surface area contributed by atoms with Crippen LogP contribution in [-0.2, 0) is 27.3 Å². The van der Waals surface area contributed by atoms with E-state index < -0.39 is 5.97 Å². The van der Waals surface area contributed by atoms with Gasteiger partial charge >= 0.3 is 5.97 Å². The first-order valence-corrected chi connectivity index (χ1v) is 11.6. The normalized spacial score (nSPS) is 16.5. The van der Waals surface area contributed by atoms with Crippen LogP contribution in [0, 0.1) is 0 Å². The molecular formula is C19H22BrCl2N3O4S2. The summed E-state index contributed by atoms with van der Waals surface area (Å²) < 4.78 is 8.11. The van der Waals surface area contributed by atoms with Crippen LogP contribution in [0.5, 0.6) is 0 Å². The molecule has 1 atom stereocenters. The smallest absolute Gasteiger partial charge is 0.309 e. The summed E-state index contributed by atoms with van der Waals surface area (Å²) in [7, 11) is 0. The van der Waals surface area contributed by atoms with Crippen LogP contribution < -0.4 is 0 Å². The summed E-state index contributed by atoms with van der Waals surface area (Å²) >= 11 is 14.6. The van der Waals surface area contributed by atoms with Gasteiger partial charge in [0.1, 0.15) is 0 Å². The van der Waals surface area contributed by atoms with Gasteiger partial charge < -0.3 is 9.84 Å². The molecule has 0 spiro atoms. The van der Waals surface area contributed by atoms with Gasteiger partial charge in [-0.1, -0.05) is 29.3 Å². The van der Waals surface area contributed by atoms with Crippen LogP contribution in [0.4, 0.5) is 0 Å². The zero-order valence-electron chi connectivity index (χ0n) is 16.6. The van der Waals surface area contributed by atoms with Crippen molar-refractivity contribution in [2.75, 3.05) is 26.2 Å². The van der Waals surface area contributed by atoms with E-state index in [4.69, 9.17) is 33.0 Å². The lowest BCUT2D eigenvalue weighted by Crippen LogP contribution is -2.46. The summed E-state index contributed by atoms with van der Waals surface area (Å²) in [6.07, 6.45) is -0.275. The molecule has 0 saturated carbocycles. The molecule has 0 radical (unpaired) electrons. The number of carbonyl (C=O) groups excluding carboxylic acids is 1. The molecule has 31 heavy (non-hydrogen) atoms. The minimum Gasteiger partial charge on any atom is -0.481 e. The Bertz CT molecular complexity index is 918. The Morgan fingerprint density at radius 2 is 2.16 bits per heavy atom. The molecule has 3 rings (SSSR count). The number of carboxylic acid groups (broad SMARTS) is 1. The number of hydrogen-bond acceptors (Lipinski definition) is 7. The molecule has 2 heterocycles. The summed E-state index contributed by atoms with van der Waals surface area (Å²) in [6, 6.07) is 5.61. The molecule has 1 amide bonds. The summed E-state index contributed by atoms with van der Waals surface area (Å²) in [6.45, 7) is 4.65. The number of ether oxygens (including phenoxy) is 1. The SMILES string of the molecule is Br.CC(=O)N(C[C@@H]1CN(Cc2ccc(Cl)c(Cl)c2)CCO1)Sc1nc(CC(=O)O)cs1.